The monoisotopic (exact) mass is 497 g/mol. The van der Waals surface area contributed by atoms with Gasteiger partial charge in [0.1, 0.15) is 5.82 Å². The number of imidazole rings is 1. The summed E-state index contributed by atoms with van der Waals surface area (Å²) in [5, 5.41) is 3.51. The summed E-state index contributed by atoms with van der Waals surface area (Å²) in [5.41, 5.74) is 2.03. The van der Waals surface area contributed by atoms with Crippen molar-refractivity contribution in [2.45, 2.75) is 44.2 Å². The molecule has 0 radical (unpaired) electrons. The number of nitrogens with one attached hydrogen (secondary N) is 1. The molecule has 0 spiro atoms. The van der Waals surface area contributed by atoms with Gasteiger partial charge in [0, 0.05) is 30.2 Å². The van der Waals surface area contributed by atoms with Gasteiger partial charge in [-0.1, -0.05) is 11.6 Å². The fourth-order valence-electron chi connectivity index (χ4n) is 5.37. The number of hydrogen-bond acceptors (Lipinski definition) is 4. The van der Waals surface area contributed by atoms with E-state index < -0.39 is 5.82 Å². The van der Waals surface area contributed by atoms with E-state index in [9.17, 15) is 14.0 Å². The molecule has 1 N–H and O–H groups in total. The zero-order chi connectivity index (χ0) is 24.5. The minimum absolute atomic E-state index is 0.0726. The summed E-state index contributed by atoms with van der Waals surface area (Å²) in [5.74, 6) is -0.753. The highest BCUT2D eigenvalue weighted by Crippen LogP contribution is 2.32. The molecule has 3 atom stereocenters. The minimum Gasteiger partial charge on any atom is -0.350 e. The van der Waals surface area contributed by atoms with E-state index in [0.717, 1.165) is 37.0 Å². The van der Waals surface area contributed by atoms with Crippen LogP contribution < -0.4 is 5.32 Å². The number of halogens is 2. The number of nitrogens with zero attached hydrogens (tertiary/aromatic N) is 4. The normalized spacial score (nSPS) is 21.9. The molecule has 2 aliphatic heterocycles. The molecule has 3 aromatic rings. The molecular weight excluding hydrogens is 469 g/mol. The van der Waals surface area contributed by atoms with Crippen LogP contribution in [0.3, 0.4) is 0 Å². The lowest BCUT2D eigenvalue weighted by molar-refractivity contribution is -0.126. The average molecular weight is 498 g/mol. The van der Waals surface area contributed by atoms with Crippen molar-refractivity contribution in [3.05, 3.63) is 71.0 Å². The molecule has 2 amide bonds. The van der Waals surface area contributed by atoms with Crippen LogP contribution in [0.15, 0.2) is 49.1 Å². The smallest absolute Gasteiger partial charge is 0.256 e. The largest absolute Gasteiger partial charge is 0.350 e. The minimum atomic E-state index is -0.408. The van der Waals surface area contributed by atoms with Gasteiger partial charge in [0.25, 0.3) is 5.91 Å². The Balaban J connectivity index is 1.41. The maximum absolute atomic E-state index is 14.2. The molecule has 2 aromatic heterocycles. The number of benzene rings is 1. The Morgan fingerprint density at radius 3 is 2.77 bits per heavy atom. The van der Waals surface area contributed by atoms with Crippen molar-refractivity contribution in [2.24, 2.45) is 0 Å². The van der Waals surface area contributed by atoms with Gasteiger partial charge in [-0.25, -0.2) is 9.37 Å². The molecule has 184 valence electrons. The summed E-state index contributed by atoms with van der Waals surface area (Å²) >= 11 is 6.16. The number of rotatable bonds is 5. The van der Waals surface area contributed by atoms with E-state index in [2.05, 4.69) is 15.2 Å². The van der Waals surface area contributed by atoms with Gasteiger partial charge in [0.2, 0.25) is 5.91 Å². The molecule has 1 aromatic carbocycles. The van der Waals surface area contributed by atoms with Crippen molar-refractivity contribution in [1.82, 2.24) is 24.5 Å². The molecule has 4 heterocycles. The first kappa shape index (κ1) is 23.8. The van der Waals surface area contributed by atoms with Crippen LogP contribution in [0.25, 0.3) is 5.52 Å². The molecule has 7 nitrogen and oxygen atoms in total. The van der Waals surface area contributed by atoms with Crippen molar-refractivity contribution in [2.75, 3.05) is 26.2 Å². The number of fused-ring (bicyclic) bond motifs is 1. The fourth-order valence-corrected chi connectivity index (χ4v) is 5.60. The van der Waals surface area contributed by atoms with Gasteiger partial charge >= 0.3 is 0 Å². The summed E-state index contributed by atoms with van der Waals surface area (Å²) in [4.78, 5) is 34.8. The third kappa shape index (κ3) is 4.90. The quantitative estimate of drug-likeness (QED) is 0.583. The van der Waals surface area contributed by atoms with E-state index in [1.807, 2.05) is 23.6 Å². The summed E-state index contributed by atoms with van der Waals surface area (Å²) in [6, 6.07) is 7.49. The van der Waals surface area contributed by atoms with Gasteiger partial charge < -0.3 is 14.6 Å². The van der Waals surface area contributed by atoms with Crippen LogP contribution in [0.5, 0.6) is 0 Å². The molecule has 2 fully saturated rings. The number of carbonyl (C=O) groups is 2. The van der Waals surface area contributed by atoms with Gasteiger partial charge in [-0.3, -0.25) is 14.5 Å². The van der Waals surface area contributed by atoms with Crippen LogP contribution >= 0.6 is 11.6 Å². The molecule has 0 bridgehead atoms. The van der Waals surface area contributed by atoms with Crippen molar-refractivity contribution < 1.29 is 14.0 Å². The number of amides is 2. The molecule has 5 rings (SSSR count). The van der Waals surface area contributed by atoms with E-state index in [-0.39, 0.29) is 29.8 Å². The van der Waals surface area contributed by atoms with Crippen LogP contribution in [0.1, 0.15) is 48.0 Å². The average Bonchev–Trinajstić information content (AvgIpc) is 3.54. The standard InChI is InChI=1S/C26H29ClFN5O2/c1-17(31-7-2-3-8-31)25(34)30-23-15-32(10-6-21(23)18-11-19(27)13-20(28)12-18)26(35)22-5-4-9-33-16-29-14-24(22)33/h4-5,9,11-14,16-17,21,23H,2-3,6-8,10,15H2,1H3,(H,30,34)/t17-,21+,23?/m1/s1. The van der Waals surface area contributed by atoms with E-state index in [1.165, 1.54) is 12.1 Å². The number of pyridine rings is 1. The number of carbonyl (C=O) groups excluding carboxylic acids is 2. The molecule has 2 saturated heterocycles. The fraction of sp³-hybridized carbons (Fsp3) is 0.423. The van der Waals surface area contributed by atoms with Crippen LogP contribution in [0.2, 0.25) is 5.02 Å². The second-order valence-corrected chi connectivity index (χ2v) is 9.93. The first-order chi connectivity index (χ1) is 16.9. The molecule has 0 aliphatic carbocycles. The molecule has 0 saturated carbocycles. The zero-order valence-electron chi connectivity index (χ0n) is 19.7. The van der Waals surface area contributed by atoms with E-state index in [4.69, 9.17) is 11.6 Å². The van der Waals surface area contributed by atoms with Crippen LogP contribution in [0.4, 0.5) is 4.39 Å². The Morgan fingerprint density at radius 2 is 2.00 bits per heavy atom. The highest BCUT2D eigenvalue weighted by atomic mass is 35.5. The Kier molecular flexibility index (Phi) is 6.75. The van der Waals surface area contributed by atoms with Gasteiger partial charge in [0.05, 0.1) is 35.7 Å². The second-order valence-electron chi connectivity index (χ2n) is 9.49. The van der Waals surface area contributed by atoms with Crippen LogP contribution in [-0.2, 0) is 4.79 Å². The number of likely N-dealkylation sites (tertiary alicyclic amines) is 2. The third-order valence-corrected chi connectivity index (χ3v) is 7.51. The maximum Gasteiger partial charge on any atom is 0.256 e. The Labute approximate surface area is 208 Å². The summed E-state index contributed by atoms with van der Waals surface area (Å²) < 4.78 is 16.0. The van der Waals surface area contributed by atoms with E-state index >= 15 is 0 Å². The Morgan fingerprint density at radius 1 is 1.20 bits per heavy atom. The second kappa shape index (κ2) is 9.95. The summed E-state index contributed by atoms with van der Waals surface area (Å²) in [6.45, 7) is 4.54. The first-order valence-electron chi connectivity index (χ1n) is 12.1. The lowest BCUT2D eigenvalue weighted by Gasteiger charge is -2.40. The van der Waals surface area contributed by atoms with Crippen molar-refractivity contribution in [3.8, 4) is 0 Å². The van der Waals surface area contributed by atoms with E-state index in [0.29, 0.717) is 30.1 Å². The van der Waals surface area contributed by atoms with Crippen molar-refractivity contribution >= 4 is 28.9 Å². The molecule has 9 heteroatoms. The van der Waals surface area contributed by atoms with Crippen molar-refractivity contribution in [3.63, 3.8) is 0 Å². The maximum atomic E-state index is 14.2. The number of aromatic nitrogens is 2. The lowest BCUT2D eigenvalue weighted by atomic mass is 9.84. The lowest BCUT2D eigenvalue weighted by Crippen LogP contribution is -2.56. The predicted molar refractivity (Wildman–Crippen MR) is 132 cm³/mol. The number of piperidine rings is 1. The summed E-state index contributed by atoms with van der Waals surface area (Å²) in [6.07, 6.45) is 7.95. The highest BCUT2D eigenvalue weighted by Gasteiger charge is 2.36. The van der Waals surface area contributed by atoms with Gasteiger partial charge in [-0.2, -0.15) is 0 Å². The molecule has 35 heavy (non-hydrogen) atoms. The van der Waals surface area contributed by atoms with Gasteiger partial charge in [-0.15, -0.1) is 0 Å². The number of hydrogen-bond donors (Lipinski definition) is 1. The Hall–Kier alpha value is -2.97. The van der Waals surface area contributed by atoms with Crippen LogP contribution in [-0.4, -0.2) is 69.3 Å². The van der Waals surface area contributed by atoms with Crippen molar-refractivity contribution in [1.29, 1.82) is 0 Å². The van der Waals surface area contributed by atoms with E-state index in [1.54, 1.807) is 29.6 Å². The first-order valence-corrected chi connectivity index (χ1v) is 12.5. The van der Waals surface area contributed by atoms with Gasteiger partial charge in [-0.05, 0) is 75.2 Å². The Bertz CT molecular complexity index is 1220. The van der Waals surface area contributed by atoms with Crippen LogP contribution in [0, 0.1) is 5.82 Å². The SMILES string of the molecule is C[C@H](C(=O)NC1CN(C(=O)c2cccn3cncc23)CC[C@H]1c1cc(F)cc(Cl)c1)N1CCCC1. The molecule has 1 unspecified atom stereocenters. The summed E-state index contributed by atoms with van der Waals surface area (Å²) in [7, 11) is 0. The van der Waals surface area contributed by atoms with Gasteiger partial charge in [0.15, 0.2) is 0 Å². The molecular formula is C26H29ClFN5O2. The zero-order valence-corrected chi connectivity index (χ0v) is 20.4. The predicted octanol–water partition coefficient (Wildman–Crippen LogP) is 3.73. The highest BCUT2D eigenvalue weighted by molar-refractivity contribution is 6.30. The third-order valence-electron chi connectivity index (χ3n) is 7.29. The molecule has 2 aliphatic rings. The topological polar surface area (TPSA) is 70.0 Å².